The average molecular weight is 310 g/mol. The zero-order valence-electron chi connectivity index (χ0n) is 11.8. The van der Waals surface area contributed by atoms with Gasteiger partial charge in [0.2, 0.25) is 10.0 Å². The molecule has 7 heteroatoms. The number of rotatable bonds is 6. The highest BCUT2D eigenvalue weighted by molar-refractivity contribution is 7.89. The molecule has 0 bridgehead atoms. The number of pyridine rings is 1. The van der Waals surface area contributed by atoms with Crippen molar-refractivity contribution in [3.05, 3.63) is 30.1 Å². The molecular formula is C14H18N2O4S. The Kier molecular flexibility index (Phi) is 4.74. The van der Waals surface area contributed by atoms with Crippen LogP contribution in [0.1, 0.15) is 24.8 Å². The van der Waals surface area contributed by atoms with Crippen LogP contribution >= 0.6 is 0 Å². The number of nitrogens with zero attached hydrogens (tertiary/aromatic N) is 2. The van der Waals surface area contributed by atoms with Crippen LogP contribution in [-0.2, 0) is 14.8 Å². The summed E-state index contributed by atoms with van der Waals surface area (Å²) in [5, 5.41) is 8.59. The third-order valence-corrected chi connectivity index (χ3v) is 5.39. The number of aromatic nitrogens is 1. The van der Waals surface area contributed by atoms with Gasteiger partial charge < -0.3 is 5.11 Å². The van der Waals surface area contributed by atoms with Crippen LogP contribution in [0, 0.1) is 5.92 Å². The summed E-state index contributed by atoms with van der Waals surface area (Å²) in [4.78, 5) is 14.4. The molecule has 1 N–H and O–H groups in total. The maximum atomic E-state index is 12.4. The molecule has 1 aliphatic rings. The normalized spacial score (nSPS) is 16.3. The van der Waals surface area contributed by atoms with Gasteiger partial charge in [0.05, 0.1) is 0 Å². The van der Waals surface area contributed by atoms with Crippen LogP contribution in [0.5, 0.6) is 0 Å². The number of sulfonamides is 1. The fraction of sp³-hybridized carbons (Fsp3) is 0.429. The molecule has 1 saturated carbocycles. The molecule has 0 radical (unpaired) electrons. The third-order valence-electron chi connectivity index (χ3n) is 3.60. The first-order valence-corrected chi connectivity index (χ1v) is 8.16. The fourth-order valence-electron chi connectivity index (χ4n) is 2.15. The minimum absolute atomic E-state index is 0.0804. The van der Waals surface area contributed by atoms with E-state index in [0.717, 1.165) is 25.3 Å². The third kappa shape index (κ3) is 3.89. The van der Waals surface area contributed by atoms with Crippen LogP contribution in [0.2, 0.25) is 0 Å². The molecule has 1 heterocycles. The van der Waals surface area contributed by atoms with Crippen molar-refractivity contribution in [2.24, 2.45) is 5.92 Å². The highest BCUT2D eigenvalue weighted by Crippen LogP contribution is 2.28. The molecule has 114 valence electrons. The summed E-state index contributed by atoms with van der Waals surface area (Å²) in [6.45, 7) is 0.511. The second-order valence-electron chi connectivity index (χ2n) is 5.21. The Morgan fingerprint density at radius 2 is 2.19 bits per heavy atom. The SMILES string of the molecule is CN(CC1CCC1)S(=O)(=O)c1cncc(C=CC(=O)O)c1. The smallest absolute Gasteiger partial charge is 0.328 e. The van der Waals surface area contributed by atoms with E-state index in [1.807, 2.05) is 0 Å². The Bertz CT molecular complexity index is 651. The molecule has 21 heavy (non-hydrogen) atoms. The van der Waals surface area contributed by atoms with Gasteiger partial charge in [-0.2, -0.15) is 0 Å². The predicted octanol–water partition coefficient (Wildman–Crippen LogP) is 1.60. The summed E-state index contributed by atoms with van der Waals surface area (Å²) in [6, 6.07) is 1.43. The summed E-state index contributed by atoms with van der Waals surface area (Å²) in [6.07, 6.45) is 8.27. The largest absolute Gasteiger partial charge is 0.478 e. The number of carboxylic acid groups (broad SMARTS) is 1. The van der Waals surface area contributed by atoms with Crippen LogP contribution in [-0.4, -0.2) is 42.4 Å². The Hall–Kier alpha value is -1.73. The van der Waals surface area contributed by atoms with E-state index in [9.17, 15) is 13.2 Å². The highest BCUT2D eigenvalue weighted by Gasteiger charge is 2.26. The van der Waals surface area contributed by atoms with E-state index in [4.69, 9.17) is 5.11 Å². The van der Waals surface area contributed by atoms with Gasteiger partial charge in [-0.1, -0.05) is 6.42 Å². The summed E-state index contributed by atoms with van der Waals surface area (Å²) < 4.78 is 26.2. The Morgan fingerprint density at radius 3 is 2.76 bits per heavy atom. The fourth-order valence-corrected chi connectivity index (χ4v) is 3.40. The lowest BCUT2D eigenvalue weighted by Crippen LogP contribution is -2.34. The van der Waals surface area contributed by atoms with E-state index in [2.05, 4.69) is 4.98 Å². The monoisotopic (exact) mass is 310 g/mol. The molecule has 0 saturated heterocycles. The number of carboxylic acids is 1. The van der Waals surface area contributed by atoms with Crippen molar-refractivity contribution in [3.63, 3.8) is 0 Å². The summed E-state index contributed by atoms with van der Waals surface area (Å²) in [7, 11) is -2.02. The average Bonchev–Trinajstić information content (AvgIpc) is 2.40. The van der Waals surface area contributed by atoms with E-state index in [1.165, 1.54) is 28.8 Å². The summed E-state index contributed by atoms with van der Waals surface area (Å²) >= 11 is 0. The lowest BCUT2D eigenvalue weighted by molar-refractivity contribution is -0.131. The molecule has 0 aliphatic heterocycles. The predicted molar refractivity (Wildman–Crippen MR) is 78.1 cm³/mol. The second-order valence-corrected chi connectivity index (χ2v) is 7.25. The molecule has 0 atom stereocenters. The number of hydrogen-bond acceptors (Lipinski definition) is 4. The van der Waals surface area contributed by atoms with Crippen molar-refractivity contribution < 1.29 is 18.3 Å². The molecule has 6 nitrogen and oxygen atoms in total. The van der Waals surface area contributed by atoms with Gasteiger partial charge in [-0.05, 0) is 36.5 Å². The van der Waals surface area contributed by atoms with Crippen LogP contribution in [0.4, 0.5) is 0 Å². The van der Waals surface area contributed by atoms with Crippen LogP contribution < -0.4 is 0 Å². The van der Waals surface area contributed by atoms with Gasteiger partial charge in [0.15, 0.2) is 0 Å². The second kappa shape index (κ2) is 6.36. The lowest BCUT2D eigenvalue weighted by atomic mass is 9.86. The van der Waals surface area contributed by atoms with Crippen LogP contribution in [0.25, 0.3) is 6.08 Å². The van der Waals surface area contributed by atoms with Gasteiger partial charge >= 0.3 is 5.97 Å². The van der Waals surface area contributed by atoms with Gasteiger partial charge in [-0.15, -0.1) is 0 Å². The van der Waals surface area contributed by atoms with E-state index in [0.29, 0.717) is 18.0 Å². The van der Waals surface area contributed by atoms with E-state index in [1.54, 1.807) is 7.05 Å². The lowest BCUT2D eigenvalue weighted by Gasteiger charge is -2.29. The molecule has 2 rings (SSSR count). The van der Waals surface area contributed by atoms with Gasteiger partial charge in [0, 0.05) is 32.1 Å². The van der Waals surface area contributed by atoms with Crippen molar-refractivity contribution in [1.82, 2.24) is 9.29 Å². The molecule has 0 unspecified atom stereocenters. The number of hydrogen-bond donors (Lipinski definition) is 1. The summed E-state index contributed by atoms with van der Waals surface area (Å²) in [5.41, 5.74) is 0.440. The van der Waals surface area contributed by atoms with Crippen LogP contribution in [0.15, 0.2) is 29.4 Å². The van der Waals surface area contributed by atoms with Gasteiger partial charge in [-0.3, -0.25) is 4.98 Å². The van der Waals surface area contributed by atoms with Crippen molar-refractivity contribution in [3.8, 4) is 0 Å². The Morgan fingerprint density at radius 1 is 1.48 bits per heavy atom. The number of carbonyl (C=O) groups is 1. The summed E-state index contributed by atoms with van der Waals surface area (Å²) in [5.74, 6) is -0.654. The minimum Gasteiger partial charge on any atom is -0.478 e. The van der Waals surface area contributed by atoms with E-state index in [-0.39, 0.29) is 4.90 Å². The molecule has 0 aromatic carbocycles. The van der Waals surface area contributed by atoms with Gasteiger partial charge in [0.25, 0.3) is 0 Å². The zero-order valence-corrected chi connectivity index (χ0v) is 12.6. The molecule has 0 amide bonds. The molecule has 1 aliphatic carbocycles. The van der Waals surface area contributed by atoms with Crippen molar-refractivity contribution in [2.75, 3.05) is 13.6 Å². The van der Waals surface area contributed by atoms with Crippen molar-refractivity contribution >= 4 is 22.1 Å². The first kappa shape index (κ1) is 15.7. The molecule has 0 spiro atoms. The molecule has 1 fully saturated rings. The Balaban J connectivity index is 2.18. The van der Waals surface area contributed by atoms with Gasteiger partial charge in [0.1, 0.15) is 4.90 Å². The minimum atomic E-state index is -3.58. The molecule has 1 aromatic heterocycles. The first-order valence-electron chi connectivity index (χ1n) is 6.72. The Labute approximate surface area is 124 Å². The maximum absolute atomic E-state index is 12.4. The number of aliphatic carboxylic acids is 1. The van der Waals surface area contributed by atoms with E-state index >= 15 is 0 Å². The van der Waals surface area contributed by atoms with Crippen LogP contribution in [0.3, 0.4) is 0 Å². The zero-order chi connectivity index (χ0) is 15.5. The first-order chi connectivity index (χ1) is 9.89. The quantitative estimate of drug-likeness (QED) is 0.806. The maximum Gasteiger partial charge on any atom is 0.328 e. The van der Waals surface area contributed by atoms with Crippen molar-refractivity contribution in [1.29, 1.82) is 0 Å². The van der Waals surface area contributed by atoms with Crippen molar-refractivity contribution in [2.45, 2.75) is 24.2 Å². The molecule has 1 aromatic rings. The molecular weight excluding hydrogens is 292 g/mol. The standard InChI is InChI=1S/C14H18N2O4S/c1-16(10-11-3-2-4-11)21(19,20)13-7-12(8-15-9-13)5-6-14(17)18/h5-9,11H,2-4,10H2,1H3,(H,17,18). The topological polar surface area (TPSA) is 87.6 Å². The highest BCUT2D eigenvalue weighted by atomic mass is 32.2. The van der Waals surface area contributed by atoms with E-state index < -0.39 is 16.0 Å². The van der Waals surface area contributed by atoms with Gasteiger partial charge in [-0.25, -0.2) is 17.5 Å².